The number of benzene rings is 1. The van der Waals surface area contributed by atoms with Crippen LogP contribution in [0.3, 0.4) is 0 Å². The Morgan fingerprint density at radius 1 is 1.09 bits per heavy atom. The Hall–Kier alpha value is -3.15. The molecule has 0 saturated heterocycles. The second-order valence-corrected chi connectivity index (χ2v) is 4.91. The molecule has 0 radical (unpaired) electrons. The molecule has 0 aliphatic heterocycles. The number of hydrogen-bond acceptors (Lipinski definition) is 6. The summed E-state index contributed by atoms with van der Waals surface area (Å²) in [6, 6.07) is 13.8. The Bertz CT molecular complexity index is 761. The van der Waals surface area contributed by atoms with Crippen LogP contribution in [-0.4, -0.2) is 21.5 Å². The van der Waals surface area contributed by atoms with Gasteiger partial charge in [0.2, 0.25) is 0 Å². The average molecular weight is 306 g/mol. The molecule has 0 aliphatic carbocycles. The van der Waals surface area contributed by atoms with Crippen LogP contribution in [0.2, 0.25) is 0 Å². The van der Waals surface area contributed by atoms with Crippen LogP contribution in [0.5, 0.6) is 0 Å². The highest BCUT2D eigenvalue weighted by atomic mass is 15.2. The molecule has 2 aromatic heterocycles. The molecule has 116 valence electrons. The second kappa shape index (κ2) is 6.74. The largest absolute Gasteiger partial charge is 0.393 e. The normalized spacial score (nSPS) is 10.3. The van der Waals surface area contributed by atoms with Crippen molar-refractivity contribution in [2.75, 3.05) is 22.5 Å². The maximum Gasteiger partial charge on any atom is 0.161 e. The number of nitrogens with one attached hydrogen (secondary N) is 1. The van der Waals surface area contributed by atoms with E-state index in [-0.39, 0.29) is 0 Å². The summed E-state index contributed by atoms with van der Waals surface area (Å²) in [5.41, 5.74) is 8.66. The van der Waals surface area contributed by atoms with Gasteiger partial charge >= 0.3 is 0 Å². The molecule has 0 spiro atoms. The van der Waals surface area contributed by atoms with Crippen LogP contribution in [0.25, 0.3) is 0 Å². The topological polar surface area (TPSA) is 80.0 Å². The van der Waals surface area contributed by atoms with Crippen molar-refractivity contribution in [3.05, 3.63) is 61.2 Å². The lowest BCUT2D eigenvalue weighted by Gasteiger charge is -2.24. The Morgan fingerprint density at radius 3 is 2.61 bits per heavy atom. The van der Waals surface area contributed by atoms with Gasteiger partial charge in [0.05, 0.1) is 11.9 Å². The maximum absolute atomic E-state index is 6.30. The zero-order valence-corrected chi connectivity index (χ0v) is 12.8. The number of pyridine rings is 1. The van der Waals surface area contributed by atoms with Gasteiger partial charge in [0.25, 0.3) is 0 Å². The monoisotopic (exact) mass is 306 g/mol. The van der Waals surface area contributed by atoms with E-state index in [0.29, 0.717) is 17.3 Å². The average Bonchev–Trinajstić information content (AvgIpc) is 2.61. The van der Waals surface area contributed by atoms with E-state index in [0.717, 1.165) is 17.9 Å². The van der Waals surface area contributed by atoms with Gasteiger partial charge in [0.15, 0.2) is 11.6 Å². The Morgan fingerprint density at radius 2 is 1.91 bits per heavy atom. The molecular weight excluding hydrogens is 288 g/mol. The number of hydrogen-bond donors (Lipinski definition) is 2. The predicted octanol–water partition coefficient (Wildman–Crippen LogP) is 3.36. The molecule has 6 nitrogen and oxygen atoms in total. The van der Waals surface area contributed by atoms with Crippen molar-refractivity contribution in [3.8, 4) is 0 Å². The van der Waals surface area contributed by atoms with Gasteiger partial charge in [-0.25, -0.2) is 9.97 Å². The van der Waals surface area contributed by atoms with Crippen molar-refractivity contribution in [2.45, 2.75) is 6.92 Å². The van der Waals surface area contributed by atoms with Crippen molar-refractivity contribution in [3.63, 3.8) is 0 Å². The number of para-hydroxylation sites is 1. The number of nitrogens with two attached hydrogens (primary N) is 1. The van der Waals surface area contributed by atoms with E-state index in [4.69, 9.17) is 5.73 Å². The minimum Gasteiger partial charge on any atom is -0.393 e. The first-order chi connectivity index (χ1) is 11.3. The summed E-state index contributed by atoms with van der Waals surface area (Å²) in [4.78, 5) is 14.7. The zero-order valence-electron chi connectivity index (χ0n) is 12.8. The molecule has 2 heterocycles. The SMILES string of the molecule is CCN(c1ccccc1)c1ncnc(Nc2cccnc2)c1N. The molecule has 0 saturated carbocycles. The Labute approximate surface area is 135 Å². The van der Waals surface area contributed by atoms with Crippen molar-refractivity contribution in [2.24, 2.45) is 0 Å². The first kappa shape index (κ1) is 14.8. The Kier molecular flexibility index (Phi) is 4.33. The number of rotatable bonds is 5. The van der Waals surface area contributed by atoms with E-state index in [2.05, 4.69) is 27.2 Å². The summed E-state index contributed by atoms with van der Waals surface area (Å²) in [6.45, 7) is 2.81. The summed E-state index contributed by atoms with van der Waals surface area (Å²) >= 11 is 0. The number of aromatic nitrogens is 3. The maximum atomic E-state index is 6.30. The quantitative estimate of drug-likeness (QED) is 0.752. The van der Waals surface area contributed by atoms with Gasteiger partial charge in [-0.3, -0.25) is 4.98 Å². The van der Waals surface area contributed by atoms with Gasteiger partial charge < -0.3 is 16.0 Å². The molecule has 0 fully saturated rings. The molecule has 3 aromatic rings. The van der Waals surface area contributed by atoms with Crippen molar-refractivity contribution in [1.29, 1.82) is 0 Å². The minimum absolute atomic E-state index is 0.502. The zero-order chi connectivity index (χ0) is 16.1. The highest BCUT2D eigenvalue weighted by Gasteiger charge is 2.15. The van der Waals surface area contributed by atoms with Crippen LogP contribution >= 0.6 is 0 Å². The molecule has 23 heavy (non-hydrogen) atoms. The molecule has 1 aromatic carbocycles. The third kappa shape index (κ3) is 3.21. The van der Waals surface area contributed by atoms with Gasteiger partial charge in [0, 0.05) is 18.4 Å². The summed E-state index contributed by atoms with van der Waals surface area (Å²) in [5, 5.41) is 3.18. The number of nitrogens with zero attached hydrogens (tertiary/aromatic N) is 4. The van der Waals surface area contributed by atoms with E-state index in [9.17, 15) is 0 Å². The third-order valence-corrected chi connectivity index (χ3v) is 3.43. The van der Waals surface area contributed by atoms with E-state index < -0.39 is 0 Å². The third-order valence-electron chi connectivity index (χ3n) is 3.43. The van der Waals surface area contributed by atoms with Gasteiger partial charge in [-0.15, -0.1) is 0 Å². The lowest BCUT2D eigenvalue weighted by molar-refractivity contribution is 0.980. The molecule has 0 amide bonds. The summed E-state index contributed by atoms with van der Waals surface area (Å²) < 4.78 is 0. The second-order valence-electron chi connectivity index (χ2n) is 4.91. The summed E-state index contributed by atoms with van der Waals surface area (Å²) in [6.07, 6.45) is 4.94. The van der Waals surface area contributed by atoms with E-state index in [1.165, 1.54) is 6.33 Å². The highest BCUT2D eigenvalue weighted by Crippen LogP contribution is 2.32. The summed E-state index contributed by atoms with van der Waals surface area (Å²) in [5.74, 6) is 1.25. The first-order valence-corrected chi connectivity index (χ1v) is 7.39. The van der Waals surface area contributed by atoms with Crippen molar-refractivity contribution < 1.29 is 0 Å². The van der Waals surface area contributed by atoms with Crippen molar-refractivity contribution in [1.82, 2.24) is 15.0 Å². The summed E-state index contributed by atoms with van der Waals surface area (Å²) in [7, 11) is 0. The highest BCUT2D eigenvalue weighted by molar-refractivity contribution is 5.81. The molecule has 0 aliphatic rings. The molecule has 3 N–H and O–H groups in total. The molecular formula is C17H18N6. The molecule has 0 unspecified atom stereocenters. The van der Waals surface area contributed by atoms with E-state index in [1.807, 2.05) is 47.4 Å². The lowest BCUT2D eigenvalue weighted by Crippen LogP contribution is -2.19. The standard InChI is InChI=1S/C17H18N6/c1-2-23(14-8-4-3-5-9-14)17-15(18)16(20-12-21-17)22-13-7-6-10-19-11-13/h3-12H,2,18H2,1H3,(H,20,21,22). The van der Waals surface area contributed by atoms with Crippen LogP contribution in [0.1, 0.15) is 6.92 Å². The molecule has 6 heteroatoms. The van der Waals surface area contributed by atoms with Crippen LogP contribution in [0, 0.1) is 0 Å². The minimum atomic E-state index is 0.502. The fourth-order valence-corrected chi connectivity index (χ4v) is 2.34. The fourth-order valence-electron chi connectivity index (χ4n) is 2.34. The van der Waals surface area contributed by atoms with Crippen LogP contribution in [0.15, 0.2) is 61.2 Å². The van der Waals surface area contributed by atoms with Gasteiger partial charge in [-0.1, -0.05) is 18.2 Å². The number of nitrogen functional groups attached to an aromatic ring is 1. The van der Waals surface area contributed by atoms with Gasteiger partial charge in [-0.05, 0) is 31.2 Å². The van der Waals surface area contributed by atoms with E-state index >= 15 is 0 Å². The van der Waals surface area contributed by atoms with Gasteiger partial charge in [0.1, 0.15) is 12.0 Å². The number of anilines is 5. The van der Waals surface area contributed by atoms with Crippen LogP contribution < -0.4 is 16.0 Å². The van der Waals surface area contributed by atoms with Crippen molar-refractivity contribution >= 4 is 28.7 Å². The molecule has 0 atom stereocenters. The predicted molar refractivity (Wildman–Crippen MR) is 93.1 cm³/mol. The lowest BCUT2D eigenvalue weighted by atomic mass is 10.2. The van der Waals surface area contributed by atoms with E-state index in [1.54, 1.807) is 12.4 Å². The van der Waals surface area contributed by atoms with Gasteiger partial charge in [-0.2, -0.15) is 0 Å². The molecule has 3 rings (SSSR count). The smallest absolute Gasteiger partial charge is 0.161 e. The Balaban J connectivity index is 1.96. The first-order valence-electron chi connectivity index (χ1n) is 7.39. The van der Waals surface area contributed by atoms with Crippen LogP contribution in [-0.2, 0) is 0 Å². The fraction of sp³-hybridized carbons (Fsp3) is 0.118. The molecule has 0 bridgehead atoms. The van der Waals surface area contributed by atoms with Crippen LogP contribution in [0.4, 0.5) is 28.7 Å².